The van der Waals surface area contributed by atoms with E-state index in [1.165, 1.54) is 22.5 Å². The van der Waals surface area contributed by atoms with Gasteiger partial charge in [-0.25, -0.2) is 4.98 Å². The molecule has 1 fully saturated rings. The van der Waals surface area contributed by atoms with Crippen LogP contribution in [-0.4, -0.2) is 40.4 Å². The Bertz CT molecular complexity index is 669. The lowest BCUT2D eigenvalue weighted by atomic mass is 10.0. The molecule has 23 heavy (non-hydrogen) atoms. The predicted molar refractivity (Wildman–Crippen MR) is 97.2 cm³/mol. The maximum Gasteiger partial charge on any atom is 0.273 e. The molecule has 1 aliphatic heterocycles. The fourth-order valence-corrected chi connectivity index (χ4v) is 4.58. The number of nitrogens with two attached hydrogens (primary N) is 1. The molecule has 1 amide bonds. The number of hydrogen-bond acceptors (Lipinski definition) is 5. The van der Waals surface area contributed by atoms with E-state index >= 15 is 0 Å². The summed E-state index contributed by atoms with van der Waals surface area (Å²) in [7, 11) is 0. The molecule has 2 aromatic rings. The number of nitrogens with zero attached hydrogens (tertiary/aromatic N) is 2. The SMILES string of the molecule is Cc1ccc(C2CSCCN2C(=O)c2csc(CCN)n2)cc1. The van der Waals surface area contributed by atoms with Gasteiger partial charge in [-0.3, -0.25) is 4.79 Å². The summed E-state index contributed by atoms with van der Waals surface area (Å²) in [5, 5.41) is 2.80. The number of amides is 1. The Morgan fingerprint density at radius 3 is 2.91 bits per heavy atom. The molecule has 3 rings (SSSR count). The molecule has 0 aliphatic carbocycles. The van der Waals surface area contributed by atoms with E-state index < -0.39 is 0 Å². The molecule has 4 nitrogen and oxygen atoms in total. The van der Waals surface area contributed by atoms with Crippen molar-refractivity contribution in [2.24, 2.45) is 5.73 Å². The quantitative estimate of drug-likeness (QED) is 0.924. The monoisotopic (exact) mass is 347 g/mol. The Morgan fingerprint density at radius 2 is 2.17 bits per heavy atom. The Labute approximate surface area is 145 Å². The van der Waals surface area contributed by atoms with Crippen LogP contribution in [0, 0.1) is 6.92 Å². The van der Waals surface area contributed by atoms with Crippen molar-refractivity contribution in [1.29, 1.82) is 0 Å². The molecule has 122 valence electrons. The minimum absolute atomic E-state index is 0.0374. The first kappa shape index (κ1) is 16.5. The molecule has 1 aromatic heterocycles. The molecule has 1 atom stereocenters. The molecule has 0 spiro atoms. The van der Waals surface area contributed by atoms with Crippen LogP contribution in [0.15, 0.2) is 29.6 Å². The number of hydrogen-bond donors (Lipinski definition) is 1. The smallest absolute Gasteiger partial charge is 0.273 e. The zero-order valence-corrected chi connectivity index (χ0v) is 14.8. The van der Waals surface area contributed by atoms with Gasteiger partial charge in [-0.15, -0.1) is 11.3 Å². The van der Waals surface area contributed by atoms with Gasteiger partial charge < -0.3 is 10.6 Å². The lowest BCUT2D eigenvalue weighted by Gasteiger charge is -2.35. The number of rotatable bonds is 4. The van der Waals surface area contributed by atoms with Crippen molar-refractivity contribution < 1.29 is 4.79 Å². The zero-order valence-electron chi connectivity index (χ0n) is 13.2. The Morgan fingerprint density at radius 1 is 1.39 bits per heavy atom. The predicted octanol–water partition coefficient (Wildman–Crippen LogP) is 2.88. The van der Waals surface area contributed by atoms with Gasteiger partial charge in [0.05, 0.1) is 11.0 Å². The Hall–Kier alpha value is -1.37. The van der Waals surface area contributed by atoms with Crippen molar-refractivity contribution in [3.63, 3.8) is 0 Å². The maximum absolute atomic E-state index is 12.9. The van der Waals surface area contributed by atoms with E-state index in [9.17, 15) is 4.79 Å². The van der Waals surface area contributed by atoms with Crippen LogP contribution in [0.2, 0.25) is 0 Å². The summed E-state index contributed by atoms with van der Waals surface area (Å²) in [6, 6.07) is 8.61. The Balaban J connectivity index is 1.82. The highest BCUT2D eigenvalue weighted by atomic mass is 32.2. The number of aromatic nitrogens is 1. The minimum Gasteiger partial charge on any atom is -0.330 e. The second kappa shape index (κ2) is 7.47. The van der Waals surface area contributed by atoms with E-state index in [1.54, 1.807) is 0 Å². The number of thiazole rings is 1. The average Bonchev–Trinajstić information content (AvgIpc) is 3.04. The van der Waals surface area contributed by atoms with Gasteiger partial charge in [-0.1, -0.05) is 29.8 Å². The molecular weight excluding hydrogens is 326 g/mol. The average molecular weight is 348 g/mol. The van der Waals surface area contributed by atoms with Crippen molar-refractivity contribution in [1.82, 2.24) is 9.88 Å². The Kier molecular flexibility index (Phi) is 5.35. The summed E-state index contributed by atoms with van der Waals surface area (Å²) < 4.78 is 0. The van der Waals surface area contributed by atoms with E-state index in [0.29, 0.717) is 12.2 Å². The third-order valence-electron chi connectivity index (χ3n) is 3.98. The number of aryl methyl sites for hydroxylation is 1. The standard InChI is InChI=1S/C17H21N3OS2/c1-12-2-4-13(5-3-12)15-11-22-9-8-20(15)17(21)14-10-23-16(19-14)6-7-18/h2-5,10,15H,6-9,11,18H2,1H3. The van der Waals surface area contributed by atoms with Crippen LogP contribution in [0.1, 0.15) is 32.7 Å². The van der Waals surface area contributed by atoms with E-state index in [1.807, 2.05) is 22.0 Å². The number of carbonyl (C=O) groups is 1. The van der Waals surface area contributed by atoms with Gasteiger partial charge in [-0.05, 0) is 19.0 Å². The molecule has 1 aliphatic rings. The molecule has 2 heterocycles. The van der Waals surface area contributed by atoms with Crippen molar-refractivity contribution in [2.45, 2.75) is 19.4 Å². The first-order valence-electron chi connectivity index (χ1n) is 7.79. The van der Waals surface area contributed by atoms with Crippen LogP contribution in [0.5, 0.6) is 0 Å². The van der Waals surface area contributed by atoms with E-state index in [4.69, 9.17) is 5.73 Å². The minimum atomic E-state index is 0.0374. The van der Waals surface area contributed by atoms with Crippen LogP contribution in [0.3, 0.4) is 0 Å². The molecule has 1 unspecified atom stereocenters. The van der Waals surface area contributed by atoms with Gasteiger partial charge in [0.25, 0.3) is 5.91 Å². The molecular formula is C17H21N3OS2. The first-order chi connectivity index (χ1) is 11.2. The van der Waals surface area contributed by atoms with Gasteiger partial charge in [-0.2, -0.15) is 11.8 Å². The zero-order chi connectivity index (χ0) is 16.2. The molecule has 1 aromatic carbocycles. The normalized spacial score (nSPS) is 18.2. The third-order valence-corrected chi connectivity index (χ3v) is 5.91. The van der Waals surface area contributed by atoms with Crippen molar-refractivity contribution >= 4 is 29.0 Å². The van der Waals surface area contributed by atoms with Gasteiger partial charge in [0.1, 0.15) is 5.69 Å². The van der Waals surface area contributed by atoms with Crippen LogP contribution in [-0.2, 0) is 6.42 Å². The number of thioether (sulfide) groups is 1. The lowest BCUT2D eigenvalue weighted by Crippen LogP contribution is -2.41. The number of carbonyl (C=O) groups excluding carboxylic acids is 1. The second-order valence-electron chi connectivity index (χ2n) is 5.67. The summed E-state index contributed by atoms with van der Waals surface area (Å²) >= 11 is 3.43. The maximum atomic E-state index is 12.9. The fraction of sp³-hybridized carbons (Fsp3) is 0.412. The number of benzene rings is 1. The molecule has 2 N–H and O–H groups in total. The van der Waals surface area contributed by atoms with E-state index in [-0.39, 0.29) is 11.9 Å². The van der Waals surface area contributed by atoms with Gasteiger partial charge in [0.15, 0.2) is 0 Å². The van der Waals surface area contributed by atoms with Crippen molar-refractivity contribution in [3.05, 3.63) is 51.5 Å². The molecule has 0 saturated carbocycles. The highest BCUT2D eigenvalue weighted by Crippen LogP contribution is 2.31. The van der Waals surface area contributed by atoms with Gasteiger partial charge in [0, 0.05) is 29.9 Å². The van der Waals surface area contributed by atoms with Crippen LogP contribution < -0.4 is 5.73 Å². The van der Waals surface area contributed by atoms with E-state index in [0.717, 1.165) is 29.5 Å². The summed E-state index contributed by atoms with van der Waals surface area (Å²) in [5.41, 5.74) is 8.56. The molecule has 0 radical (unpaired) electrons. The van der Waals surface area contributed by atoms with Crippen LogP contribution in [0.4, 0.5) is 0 Å². The van der Waals surface area contributed by atoms with Gasteiger partial charge in [0.2, 0.25) is 0 Å². The summed E-state index contributed by atoms with van der Waals surface area (Å²) in [5.74, 6) is 1.96. The molecule has 6 heteroatoms. The van der Waals surface area contributed by atoms with E-state index in [2.05, 4.69) is 36.2 Å². The van der Waals surface area contributed by atoms with Crippen LogP contribution in [0.25, 0.3) is 0 Å². The largest absolute Gasteiger partial charge is 0.330 e. The summed E-state index contributed by atoms with van der Waals surface area (Å²) in [6.07, 6.45) is 0.731. The van der Waals surface area contributed by atoms with Crippen LogP contribution >= 0.6 is 23.1 Å². The van der Waals surface area contributed by atoms with Gasteiger partial charge >= 0.3 is 0 Å². The summed E-state index contributed by atoms with van der Waals surface area (Å²) in [6.45, 7) is 3.41. The third kappa shape index (κ3) is 3.76. The van der Waals surface area contributed by atoms with Crippen molar-refractivity contribution in [3.8, 4) is 0 Å². The second-order valence-corrected chi connectivity index (χ2v) is 7.76. The molecule has 1 saturated heterocycles. The highest BCUT2D eigenvalue weighted by Gasteiger charge is 2.30. The highest BCUT2D eigenvalue weighted by molar-refractivity contribution is 7.99. The fourth-order valence-electron chi connectivity index (χ4n) is 2.71. The molecule has 0 bridgehead atoms. The summed E-state index contributed by atoms with van der Waals surface area (Å²) in [4.78, 5) is 19.3. The van der Waals surface area contributed by atoms with Crippen molar-refractivity contribution in [2.75, 3.05) is 24.6 Å². The topological polar surface area (TPSA) is 59.2 Å². The lowest BCUT2D eigenvalue weighted by molar-refractivity contribution is 0.0696. The first-order valence-corrected chi connectivity index (χ1v) is 9.82.